The number of pyridine rings is 1. The maximum absolute atomic E-state index is 11.7. The molecule has 2 unspecified atom stereocenters. The van der Waals surface area contributed by atoms with E-state index in [1.807, 2.05) is 11.8 Å². The summed E-state index contributed by atoms with van der Waals surface area (Å²) in [6.07, 6.45) is 0. The topological polar surface area (TPSA) is 68.7 Å². The van der Waals surface area contributed by atoms with Gasteiger partial charge in [-0.2, -0.15) is 0 Å². The first-order valence-electron chi connectivity index (χ1n) is 6.86. The van der Waals surface area contributed by atoms with Crippen molar-refractivity contribution in [1.82, 2.24) is 4.98 Å². The third-order valence-corrected chi connectivity index (χ3v) is 3.92. The molecule has 6 nitrogen and oxygen atoms in total. The highest BCUT2D eigenvalue weighted by Crippen LogP contribution is 2.28. The predicted octanol–water partition coefficient (Wildman–Crippen LogP) is 1.42. The highest BCUT2D eigenvalue weighted by molar-refractivity contribution is 5.90. The fourth-order valence-electron chi connectivity index (χ4n) is 2.66. The molecule has 0 aliphatic carbocycles. The van der Waals surface area contributed by atoms with Crippen molar-refractivity contribution in [1.29, 1.82) is 0 Å². The average Bonchev–Trinajstić information content (AvgIpc) is 2.87. The summed E-state index contributed by atoms with van der Waals surface area (Å²) in [5.74, 6) is 0.248. The van der Waals surface area contributed by atoms with Crippen LogP contribution in [0.4, 0.5) is 5.82 Å². The summed E-state index contributed by atoms with van der Waals surface area (Å²) in [5.41, 5.74) is 1.08. The molecule has 0 spiro atoms. The number of hydrogen-bond acceptors (Lipinski definition) is 6. The quantitative estimate of drug-likeness (QED) is 0.785. The molecule has 1 saturated heterocycles. The molecular weight excluding hydrogens is 272 g/mol. The van der Waals surface area contributed by atoms with E-state index in [0.717, 1.165) is 12.4 Å². The van der Waals surface area contributed by atoms with Crippen molar-refractivity contribution in [2.24, 2.45) is 11.8 Å². The van der Waals surface area contributed by atoms with Crippen molar-refractivity contribution in [3.05, 3.63) is 23.4 Å². The van der Waals surface area contributed by atoms with E-state index in [2.05, 4.69) is 4.98 Å². The molecule has 2 heterocycles. The molecule has 114 valence electrons. The highest BCUT2D eigenvalue weighted by atomic mass is 16.5. The third-order valence-electron chi connectivity index (χ3n) is 3.92. The number of carbonyl (C=O) groups excluding carboxylic acids is 2. The molecular formula is C15H20N2O4. The van der Waals surface area contributed by atoms with Gasteiger partial charge in [0.15, 0.2) is 0 Å². The van der Waals surface area contributed by atoms with Crippen LogP contribution in [0.3, 0.4) is 0 Å². The average molecular weight is 292 g/mol. The molecule has 0 radical (unpaired) electrons. The number of carbonyl (C=O) groups is 2. The molecule has 1 fully saturated rings. The van der Waals surface area contributed by atoms with Crippen LogP contribution in [0, 0.1) is 18.8 Å². The minimum absolute atomic E-state index is 0.141. The number of rotatable bonds is 3. The molecule has 0 saturated carbocycles. The Labute approximate surface area is 124 Å². The first kappa shape index (κ1) is 15.3. The van der Waals surface area contributed by atoms with Crippen LogP contribution in [-0.4, -0.2) is 44.2 Å². The van der Waals surface area contributed by atoms with Gasteiger partial charge in [0.1, 0.15) is 5.82 Å². The summed E-state index contributed by atoms with van der Waals surface area (Å²) in [6.45, 7) is 5.12. The normalized spacial score (nSPS) is 21.2. The van der Waals surface area contributed by atoms with Gasteiger partial charge >= 0.3 is 11.9 Å². The molecule has 1 aliphatic heterocycles. The summed E-state index contributed by atoms with van der Waals surface area (Å²) in [4.78, 5) is 29.8. The Morgan fingerprint density at radius 3 is 2.52 bits per heavy atom. The van der Waals surface area contributed by atoms with Crippen LogP contribution in [-0.2, 0) is 14.3 Å². The molecule has 0 bridgehead atoms. The van der Waals surface area contributed by atoms with Gasteiger partial charge in [-0.05, 0) is 25.0 Å². The zero-order valence-electron chi connectivity index (χ0n) is 12.8. The van der Waals surface area contributed by atoms with E-state index in [0.29, 0.717) is 17.8 Å². The zero-order valence-corrected chi connectivity index (χ0v) is 12.8. The Bertz CT molecular complexity index is 559. The molecule has 2 atom stereocenters. The minimum Gasteiger partial charge on any atom is -0.469 e. The second kappa shape index (κ2) is 6.11. The standard InChI is InChI=1S/C15H20N2O4/c1-9-7-17(8-12(9)15(19)21-4)13-6-5-11(10(2)16-13)14(18)20-3/h5-6,9,12H,7-8H2,1-4H3. The van der Waals surface area contributed by atoms with Gasteiger partial charge in [0.05, 0.1) is 31.4 Å². The Hall–Kier alpha value is -2.11. The second-order valence-electron chi connectivity index (χ2n) is 5.31. The van der Waals surface area contributed by atoms with E-state index in [9.17, 15) is 9.59 Å². The fraction of sp³-hybridized carbons (Fsp3) is 0.533. The van der Waals surface area contributed by atoms with Crippen LogP contribution in [0.2, 0.25) is 0 Å². The number of methoxy groups -OCH3 is 2. The largest absolute Gasteiger partial charge is 0.469 e. The second-order valence-corrected chi connectivity index (χ2v) is 5.31. The van der Waals surface area contributed by atoms with Crippen LogP contribution in [0.15, 0.2) is 12.1 Å². The molecule has 2 rings (SSSR count). The molecule has 21 heavy (non-hydrogen) atoms. The molecule has 1 aromatic heterocycles. The van der Waals surface area contributed by atoms with Gasteiger partial charge < -0.3 is 14.4 Å². The lowest BCUT2D eigenvalue weighted by Crippen LogP contribution is -2.25. The maximum atomic E-state index is 11.7. The third kappa shape index (κ3) is 2.99. The van der Waals surface area contributed by atoms with Crippen LogP contribution < -0.4 is 4.90 Å². The fourth-order valence-corrected chi connectivity index (χ4v) is 2.66. The number of hydrogen-bond donors (Lipinski definition) is 0. The molecule has 6 heteroatoms. The van der Waals surface area contributed by atoms with Gasteiger partial charge in [-0.15, -0.1) is 0 Å². The van der Waals surface area contributed by atoms with Crippen LogP contribution >= 0.6 is 0 Å². The molecule has 0 N–H and O–H groups in total. The van der Waals surface area contributed by atoms with Gasteiger partial charge in [-0.25, -0.2) is 9.78 Å². The van der Waals surface area contributed by atoms with Gasteiger partial charge in [0.25, 0.3) is 0 Å². The predicted molar refractivity (Wildman–Crippen MR) is 77.2 cm³/mol. The highest BCUT2D eigenvalue weighted by Gasteiger charge is 2.36. The number of ether oxygens (including phenoxy) is 2. The Balaban J connectivity index is 2.19. The summed E-state index contributed by atoms with van der Waals surface area (Å²) in [7, 11) is 2.75. The number of aromatic nitrogens is 1. The number of aryl methyl sites for hydroxylation is 1. The van der Waals surface area contributed by atoms with Crippen molar-refractivity contribution in [2.75, 3.05) is 32.2 Å². The van der Waals surface area contributed by atoms with Crippen molar-refractivity contribution >= 4 is 17.8 Å². The summed E-state index contributed by atoms with van der Waals surface area (Å²) < 4.78 is 9.54. The van der Waals surface area contributed by atoms with E-state index in [1.165, 1.54) is 14.2 Å². The smallest absolute Gasteiger partial charge is 0.339 e. The number of anilines is 1. The van der Waals surface area contributed by atoms with Crippen LogP contribution in [0.25, 0.3) is 0 Å². The lowest BCUT2D eigenvalue weighted by atomic mass is 9.99. The lowest BCUT2D eigenvalue weighted by Gasteiger charge is -2.18. The van der Waals surface area contributed by atoms with Gasteiger partial charge in [-0.3, -0.25) is 4.79 Å². The van der Waals surface area contributed by atoms with Crippen LogP contribution in [0.1, 0.15) is 23.0 Å². The zero-order chi connectivity index (χ0) is 15.6. The van der Waals surface area contributed by atoms with Crippen molar-refractivity contribution in [3.63, 3.8) is 0 Å². The molecule has 1 aromatic rings. The summed E-state index contributed by atoms with van der Waals surface area (Å²) in [5, 5.41) is 0. The number of nitrogens with zero attached hydrogens (tertiary/aromatic N) is 2. The van der Waals surface area contributed by atoms with Crippen molar-refractivity contribution in [2.45, 2.75) is 13.8 Å². The van der Waals surface area contributed by atoms with E-state index in [-0.39, 0.29) is 17.8 Å². The minimum atomic E-state index is -0.395. The molecule has 1 aliphatic rings. The van der Waals surface area contributed by atoms with E-state index < -0.39 is 5.97 Å². The SMILES string of the molecule is COC(=O)c1ccc(N2CC(C)C(C(=O)OC)C2)nc1C. The monoisotopic (exact) mass is 292 g/mol. The number of esters is 2. The Kier molecular flexibility index (Phi) is 4.45. The lowest BCUT2D eigenvalue weighted by molar-refractivity contribution is -0.145. The van der Waals surface area contributed by atoms with E-state index >= 15 is 0 Å². The summed E-state index contributed by atoms with van der Waals surface area (Å²) in [6, 6.07) is 3.49. The van der Waals surface area contributed by atoms with Gasteiger partial charge in [0.2, 0.25) is 0 Å². The molecule has 0 aromatic carbocycles. The van der Waals surface area contributed by atoms with E-state index in [1.54, 1.807) is 19.1 Å². The van der Waals surface area contributed by atoms with Gasteiger partial charge in [0, 0.05) is 13.1 Å². The van der Waals surface area contributed by atoms with Crippen molar-refractivity contribution < 1.29 is 19.1 Å². The molecule has 0 amide bonds. The van der Waals surface area contributed by atoms with Crippen LogP contribution in [0.5, 0.6) is 0 Å². The summed E-state index contributed by atoms with van der Waals surface area (Å²) >= 11 is 0. The maximum Gasteiger partial charge on any atom is 0.339 e. The van der Waals surface area contributed by atoms with Crippen molar-refractivity contribution in [3.8, 4) is 0 Å². The first-order valence-corrected chi connectivity index (χ1v) is 6.86. The first-order chi connectivity index (χ1) is 9.97. The van der Waals surface area contributed by atoms with E-state index in [4.69, 9.17) is 9.47 Å². The van der Waals surface area contributed by atoms with Gasteiger partial charge in [-0.1, -0.05) is 6.92 Å². The Morgan fingerprint density at radius 2 is 1.95 bits per heavy atom. The Morgan fingerprint density at radius 1 is 1.24 bits per heavy atom.